The molecule has 2 bridgehead atoms. The molecule has 0 spiro atoms. The van der Waals surface area contributed by atoms with Gasteiger partial charge in [-0.3, -0.25) is 14.7 Å². The third kappa shape index (κ3) is 1.55. The molecule has 0 atom stereocenters. The lowest BCUT2D eigenvalue weighted by Gasteiger charge is -2.44. The van der Waals surface area contributed by atoms with Gasteiger partial charge in [0.2, 0.25) is 0 Å². The van der Waals surface area contributed by atoms with Crippen LogP contribution in [0.2, 0.25) is 0 Å². The highest BCUT2D eigenvalue weighted by molar-refractivity contribution is 7.63. The van der Waals surface area contributed by atoms with E-state index in [0.717, 1.165) is 0 Å². The van der Waals surface area contributed by atoms with Crippen LogP contribution >= 0.6 is 7.14 Å². The van der Waals surface area contributed by atoms with Crippen molar-refractivity contribution in [3.8, 4) is 12.4 Å². The second-order valence-electron chi connectivity index (χ2n) is 3.72. The first-order valence-corrected chi connectivity index (χ1v) is 6.50. The van der Waals surface area contributed by atoms with Gasteiger partial charge >= 0.3 is 0 Å². The van der Waals surface area contributed by atoms with Gasteiger partial charge in [0, 0.05) is 0 Å². The molecular weight excluding hydrogens is 201 g/mol. The van der Waals surface area contributed by atoms with Gasteiger partial charge in [0.15, 0.2) is 12.4 Å². The molecule has 0 N–H and O–H groups in total. The molecule has 0 unspecified atom stereocenters. The van der Waals surface area contributed by atoms with Crippen molar-refractivity contribution < 1.29 is 4.57 Å². The van der Waals surface area contributed by atoms with Gasteiger partial charge < -0.3 is 4.57 Å². The van der Waals surface area contributed by atoms with Crippen LogP contribution in [0.4, 0.5) is 0 Å². The maximum atomic E-state index is 12.2. The monoisotopic (exact) mass is 211 g/mol. The zero-order chi connectivity index (χ0) is 10.2. The van der Waals surface area contributed by atoms with Crippen LogP contribution in [-0.4, -0.2) is 46.9 Å². The minimum Gasteiger partial charge on any atom is -0.318 e. The largest absolute Gasteiger partial charge is 0.318 e. The SMILES string of the molecule is N#CN1CN2CN(C#N)CP(=O)(C1)C2. The highest BCUT2D eigenvalue weighted by Crippen LogP contribution is 2.51. The molecular formula is C7H10N5OP. The van der Waals surface area contributed by atoms with Crippen LogP contribution in [0.1, 0.15) is 0 Å². The highest BCUT2D eigenvalue weighted by atomic mass is 31.2. The lowest BCUT2D eigenvalue weighted by molar-refractivity contribution is 0.123. The second kappa shape index (κ2) is 3.16. The zero-order valence-electron chi connectivity index (χ0n) is 7.63. The fraction of sp³-hybridized carbons (Fsp3) is 0.714. The molecule has 74 valence electrons. The molecule has 0 aromatic rings. The van der Waals surface area contributed by atoms with Crippen LogP contribution in [0.5, 0.6) is 0 Å². The van der Waals surface area contributed by atoms with Crippen molar-refractivity contribution in [2.75, 3.05) is 32.2 Å². The Labute approximate surface area is 82.3 Å². The number of fused-ring (bicyclic) bond motifs is 2. The van der Waals surface area contributed by atoms with Crippen molar-refractivity contribution >= 4 is 7.14 Å². The van der Waals surface area contributed by atoms with Crippen molar-refractivity contribution in [1.82, 2.24) is 14.7 Å². The standard InChI is InChI=1S/C7H10N5OP/c8-1-10-3-12-4-11(2-9)6-14(13,5-10)7-12/h3-7H2. The molecule has 0 aliphatic carbocycles. The van der Waals surface area contributed by atoms with Crippen LogP contribution in [0, 0.1) is 22.9 Å². The first-order valence-electron chi connectivity index (χ1n) is 4.24. The predicted molar refractivity (Wildman–Crippen MR) is 48.7 cm³/mol. The van der Waals surface area contributed by atoms with Crippen LogP contribution in [0.3, 0.4) is 0 Å². The van der Waals surface area contributed by atoms with E-state index in [-0.39, 0.29) is 0 Å². The van der Waals surface area contributed by atoms with Gasteiger partial charge in [-0.1, -0.05) is 0 Å². The molecule has 2 aliphatic rings. The van der Waals surface area contributed by atoms with Crippen molar-refractivity contribution in [3.63, 3.8) is 0 Å². The zero-order valence-corrected chi connectivity index (χ0v) is 8.52. The molecule has 0 aromatic heterocycles. The summed E-state index contributed by atoms with van der Waals surface area (Å²) >= 11 is 0. The third-order valence-electron chi connectivity index (χ3n) is 2.34. The summed E-state index contributed by atoms with van der Waals surface area (Å²) < 4.78 is 12.2. The van der Waals surface area contributed by atoms with E-state index in [0.29, 0.717) is 32.2 Å². The average molecular weight is 211 g/mol. The van der Waals surface area contributed by atoms with E-state index in [1.54, 1.807) is 0 Å². The summed E-state index contributed by atoms with van der Waals surface area (Å²) in [6.07, 6.45) is 5.20. The first-order chi connectivity index (χ1) is 6.65. The number of nitriles is 2. The van der Waals surface area contributed by atoms with E-state index in [1.165, 1.54) is 9.80 Å². The van der Waals surface area contributed by atoms with Crippen LogP contribution < -0.4 is 0 Å². The van der Waals surface area contributed by atoms with Gasteiger partial charge in [-0.15, -0.1) is 0 Å². The Morgan fingerprint density at radius 1 is 1.00 bits per heavy atom. The van der Waals surface area contributed by atoms with E-state index < -0.39 is 7.14 Å². The Hall–Kier alpha value is -1.23. The van der Waals surface area contributed by atoms with Crippen molar-refractivity contribution in [2.45, 2.75) is 0 Å². The number of rotatable bonds is 0. The van der Waals surface area contributed by atoms with Gasteiger partial charge in [-0.05, 0) is 0 Å². The average Bonchev–Trinajstić information content (AvgIpc) is 2.14. The van der Waals surface area contributed by atoms with Crippen LogP contribution in [-0.2, 0) is 4.57 Å². The van der Waals surface area contributed by atoms with Crippen molar-refractivity contribution in [2.24, 2.45) is 0 Å². The molecule has 0 amide bonds. The van der Waals surface area contributed by atoms with Gasteiger partial charge in [0.05, 0.1) is 32.2 Å². The fourth-order valence-electron chi connectivity index (χ4n) is 1.95. The van der Waals surface area contributed by atoms with E-state index in [1.807, 2.05) is 17.3 Å². The van der Waals surface area contributed by atoms with Gasteiger partial charge in [-0.25, -0.2) is 0 Å². The summed E-state index contributed by atoms with van der Waals surface area (Å²) in [4.78, 5) is 4.87. The molecule has 7 heteroatoms. The predicted octanol–water partition coefficient (Wildman–Crippen LogP) is 0.0324. The van der Waals surface area contributed by atoms with Crippen LogP contribution in [0.25, 0.3) is 0 Å². The second-order valence-corrected chi connectivity index (χ2v) is 6.68. The van der Waals surface area contributed by atoms with Crippen molar-refractivity contribution in [3.05, 3.63) is 0 Å². The van der Waals surface area contributed by atoms with Gasteiger partial charge in [-0.2, -0.15) is 10.5 Å². The normalized spacial score (nSPS) is 36.0. The summed E-state index contributed by atoms with van der Waals surface area (Å²) in [5.74, 6) is 0. The van der Waals surface area contributed by atoms with E-state index >= 15 is 0 Å². The number of nitrogens with zero attached hydrogens (tertiary/aromatic N) is 5. The summed E-state index contributed by atoms with van der Waals surface area (Å²) in [6.45, 7) is 0.970. The Balaban J connectivity index is 2.19. The molecule has 2 saturated heterocycles. The molecule has 2 rings (SSSR count). The summed E-state index contributed by atoms with van der Waals surface area (Å²) in [7, 11) is -2.38. The summed E-state index contributed by atoms with van der Waals surface area (Å²) in [6, 6.07) is 0. The topological polar surface area (TPSA) is 74.4 Å². The minimum absolute atomic E-state index is 0.318. The maximum Gasteiger partial charge on any atom is 0.180 e. The first kappa shape index (κ1) is 9.33. The van der Waals surface area contributed by atoms with E-state index in [2.05, 4.69) is 0 Å². The van der Waals surface area contributed by atoms with Gasteiger partial charge in [0.1, 0.15) is 7.14 Å². The Kier molecular flexibility index (Phi) is 2.11. The van der Waals surface area contributed by atoms with E-state index in [9.17, 15) is 4.57 Å². The molecule has 2 aliphatic heterocycles. The third-order valence-corrected chi connectivity index (χ3v) is 4.97. The lowest BCUT2D eigenvalue weighted by Crippen LogP contribution is -2.51. The van der Waals surface area contributed by atoms with E-state index in [4.69, 9.17) is 10.5 Å². The quantitative estimate of drug-likeness (QED) is 0.415. The molecule has 2 fully saturated rings. The fourth-order valence-corrected chi connectivity index (χ4v) is 4.68. The smallest absolute Gasteiger partial charge is 0.180 e. The molecule has 0 saturated carbocycles. The summed E-state index contributed by atoms with van der Waals surface area (Å²) in [5.41, 5.74) is 0. The Morgan fingerprint density at radius 3 is 1.86 bits per heavy atom. The molecule has 0 radical (unpaired) electrons. The highest BCUT2D eigenvalue weighted by Gasteiger charge is 2.39. The Morgan fingerprint density at radius 2 is 1.50 bits per heavy atom. The number of hydrogen-bond donors (Lipinski definition) is 0. The van der Waals surface area contributed by atoms with Crippen LogP contribution in [0.15, 0.2) is 0 Å². The molecule has 2 heterocycles. The minimum atomic E-state index is -2.38. The Bertz CT molecular complexity index is 339. The summed E-state index contributed by atoms with van der Waals surface area (Å²) in [5, 5.41) is 17.5. The lowest BCUT2D eigenvalue weighted by atomic mass is 10.7. The van der Waals surface area contributed by atoms with Gasteiger partial charge in [0.25, 0.3) is 0 Å². The van der Waals surface area contributed by atoms with Crippen molar-refractivity contribution in [1.29, 1.82) is 10.5 Å². The molecule has 6 nitrogen and oxygen atoms in total. The maximum absolute atomic E-state index is 12.2. The number of hydrogen-bond acceptors (Lipinski definition) is 6. The molecule has 0 aromatic carbocycles. The molecule has 14 heavy (non-hydrogen) atoms.